The zero-order valence-corrected chi connectivity index (χ0v) is 11.0. The van der Waals surface area contributed by atoms with Gasteiger partial charge >= 0.3 is 0 Å². The molecule has 0 aliphatic heterocycles. The first-order valence-corrected chi connectivity index (χ1v) is 6.53. The van der Waals surface area contributed by atoms with Gasteiger partial charge in [-0.3, -0.25) is 0 Å². The van der Waals surface area contributed by atoms with Crippen molar-refractivity contribution in [2.45, 2.75) is 32.3 Å². The van der Waals surface area contributed by atoms with E-state index in [1.165, 1.54) is 12.8 Å². The summed E-state index contributed by atoms with van der Waals surface area (Å²) in [5.41, 5.74) is 1.11. The SMILES string of the molecule is CC(O)Cc1ccc(Br)c(OCC2CC2)c1. The van der Waals surface area contributed by atoms with Crippen molar-refractivity contribution in [3.8, 4) is 5.75 Å². The number of halogens is 1. The fraction of sp³-hybridized carbons (Fsp3) is 0.538. The van der Waals surface area contributed by atoms with Gasteiger partial charge < -0.3 is 9.84 Å². The molecule has 2 nitrogen and oxygen atoms in total. The average molecular weight is 285 g/mol. The van der Waals surface area contributed by atoms with E-state index in [1.807, 2.05) is 18.2 Å². The standard InChI is InChI=1S/C13H17BrO2/c1-9(15)6-11-4-5-12(14)13(7-11)16-8-10-2-3-10/h4-5,7,9-10,15H,2-3,6,8H2,1H3. The molecule has 88 valence electrons. The Balaban J connectivity index is 2.02. The Morgan fingerprint density at radius 3 is 2.88 bits per heavy atom. The quantitative estimate of drug-likeness (QED) is 0.900. The molecule has 1 N–H and O–H groups in total. The van der Waals surface area contributed by atoms with Crippen molar-refractivity contribution in [1.29, 1.82) is 0 Å². The number of aliphatic hydroxyl groups excluding tert-OH is 1. The predicted molar refractivity (Wildman–Crippen MR) is 67.7 cm³/mol. The molecule has 1 aliphatic carbocycles. The molecule has 1 atom stereocenters. The van der Waals surface area contributed by atoms with Crippen LogP contribution in [-0.2, 0) is 6.42 Å². The Labute approximate surface area is 105 Å². The number of ether oxygens (including phenoxy) is 1. The number of hydrogen-bond donors (Lipinski definition) is 1. The minimum Gasteiger partial charge on any atom is -0.492 e. The highest BCUT2D eigenvalue weighted by atomic mass is 79.9. The van der Waals surface area contributed by atoms with E-state index >= 15 is 0 Å². The van der Waals surface area contributed by atoms with Crippen LogP contribution in [0.15, 0.2) is 22.7 Å². The van der Waals surface area contributed by atoms with Gasteiger partial charge in [0.1, 0.15) is 5.75 Å². The minimum atomic E-state index is -0.308. The summed E-state index contributed by atoms with van der Waals surface area (Å²) in [6.07, 6.45) is 2.96. The van der Waals surface area contributed by atoms with Crippen LogP contribution in [-0.4, -0.2) is 17.8 Å². The molecule has 0 saturated heterocycles. The Morgan fingerprint density at radius 1 is 1.50 bits per heavy atom. The molecule has 0 heterocycles. The summed E-state index contributed by atoms with van der Waals surface area (Å²) < 4.78 is 6.74. The third-order valence-electron chi connectivity index (χ3n) is 2.70. The summed E-state index contributed by atoms with van der Waals surface area (Å²) in [5.74, 6) is 1.65. The van der Waals surface area contributed by atoms with Gasteiger partial charge in [0.2, 0.25) is 0 Å². The van der Waals surface area contributed by atoms with Crippen LogP contribution in [0.3, 0.4) is 0 Å². The van der Waals surface area contributed by atoms with Crippen LogP contribution in [0.4, 0.5) is 0 Å². The van der Waals surface area contributed by atoms with Crippen molar-refractivity contribution < 1.29 is 9.84 Å². The van der Waals surface area contributed by atoms with Gasteiger partial charge in [-0.1, -0.05) is 6.07 Å². The third kappa shape index (κ3) is 3.49. The van der Waals surface area contributed by atoms with Crippen LogP contribution in [0.5, 0.6) is 5.75 Å². The largest absolute Gasteiger partial charge is 0.492 e. The number of benzene rings is 1. The third-order valence-corrected chi connectivity index (χ3v) is 3.35. The number of hydrogen-bond acceptors (Lipinski definition) is 2. The molecule has 2 rings (SSSR count). The van der Waals surface area contributed by atoms with Crippen LogP contribution >= 0.6 is 15.9 Å². The second-order valence-electron chi connectivity index (χ2n) is 4.57. The molecular formula is C13H17BrO2. The smallest absolute Gasteiger partial charge is 0.133 e. The lowest BCUT2D eigenvalue weighted by molar-refractivity contribution is 0.195. The van der Waals surface area contributed by atoms with Crippen molar-refractivity contribution in [2.75, 3.05) is 6.61 Å². The Morgan fingerprint density at radius 2 is 2.25 bits per heavy atom. The van der Waals surface area contributed by atoms with Gasteiger partial charge in [-0.2, -0.15) is 0 Å². The molecule has 16 heavy (non-hydrogen) atoms. The fourth-order valence-electron chi connectivity index (χ4n) is 1.62. The molecule has 3 heteroatoms. The zero-order valence-electron chi connectivity index (χ0n) is 9.45. The van der Waals surface area contributed by atoms with Gasteiger partial charge in [0.25, 0.3) is 0 Å². The lowest BCUT2D eigenvalue weighted by Crippen LogP contribution is -2.05. The normalized spacial score (nSPS) is 17.2. The van der Waals surface area contributed by atoms with Gasteiger partial charge in [0, 0.05) is 0 Å². The van der Waals surface area contributed by atoms with E-state index in [9.17, 15) is 5.11 Å². The number of aliphatic hydroxyl groups is 1. The second-order valence-corrected chi connectivity index (χ2v) is 5.43. The molecule has 1 aromatic carbocycles. The lowest BCUT2D eigenvalue weighted by atomic mass is 10.1. The Hall–Kier alpha value is -0.540. The summed E-state index contributed by atoms with van der Waals surface area (Å²) in [5, 5.41) is 9.34. The average Bonchev–Trinajstić information content (AvgIpc) is 3.02. The highest BCUT2D eigenvalue weighted by molar-refractivity contribution is 9.10. The van der Waals surface area contributed by atoms with E-state index in [4.69, 9.17) is 4.74 Å². The van der Waals surface area contributed by atoms with E-state index in [0.717, 1.165) is 28.3 Å². The maximum absolute atomic E-state index is 9.34. The highest BCUT2D eigenvalue weighted by Gasteiger charge is 2.22. The molecule has 1 fully saturated rings. The van der Waals surface area contributed by atoms with Crippen molar-refractivity contribution in [2.24, 2.45) is 5.92 Å². The van der Waals surface area contributed by atoms with Gasteiger partial charge in [0.15, 0.2) is 0 Å². The molecule has 0 amide bonds. The van der Waals surface area contributed by atoms with Crippen LogP contribution in [0.1, 0.15) is 25.3 Å². The molecule has 0 bridgehead atoms. The van der Waals surface area contributed by atoms with Gasteiger partial charge in [-0.25, -0.2) is 0 Å². The maximum Gasteiger partial charge on any atom is 0.133 e. The van der Waals surface area contributed by atoms with Crippen molar-refractivity contribution >= 4 is 15.9 Å². The van der Waals surface area contributed by atoms with E-state index in [0.29, 0.717) is 6.42 Å². The van der Waals surface area contributed by atoms with E-state index in [1.54, 1.807) is 6.92 Å². The van der Waals surface area contributed by atoms with Crippen LogP contribution < -0.4 is 4.74 Å². The molecule has 1 aliphatic rings. The fourth-order valence-corrected chi connectivity index (χ4v) is 1.98. The minimum absolute atomic E-state index is 0.308. The van der Waals surface area contributed by atoms with Crippen LogP contribution in [0.2, 0.25) is 0 Å². The molecule has 0 spiro atoms. The summed E-state index contributed by atoms with van der Waals surface area (Å²) in [4.78, 5) is 0. The van der Waals surface area contributed by atoms with Crippen molar-refractivity contribution in [1.82, 2.24) is 0 Å². The lowest BCUT2D eigenvalue weighted by Gasteiger charge is -2.10. The maximum atomic E-state index is 9.34. The summed E-state index contributed by atoms with van der Waals surface area (Å²) in [6.45, 7) is 2.61. The summed E-state index contributed by atoms with van der Waals surface area (Å²) >= 11 is 3.48. The Kier molecular flexibility index (Phi) is 3.87. The van der Waals surface area contributed by atoms with Crippen LogP contribution in [0.25, 0.3) is 0 Å². The van der Waals surface area contributed by atoms with E-state index in [-0.39, 0.29) is 6.10 Å². The van der Waals surface area contributed by atoms with E-state index in [2.05, 4.69) is 15.9 Å². The molecule has 1 unspecified atom stereocenters. The van der Waals surface area contributed by atoms with E-state index < -0.39 is 0 Å². The molecule has 1 saturated carbocycles. The summed E-state index contributed by atoms with van der Waals surface area (Å²) in [7, 11) is 0. The first-order valence-electron chi connectivity index (χ1n) is 5.74. The van der Waals surface area contributed by atoms with Gasteiger partial charge in [-0.15, -0.1) is 0 Å². The van der Waals surface area contributed by atoms with Crippen molar-refractivity contribution in [3.63, 3.8) is 0 Å². The first kappa shape index (κ1) is 11.9. The molecule has 0 aromatic heterocycles. The highest BCUT2D eigenvalue weighted by Crippen LogP contribution is 2.32. The van der Waals surface area contributed by atoms with Gasteiger partial charge in [0.05, 0.1) is 17.2 Å². The second kappa shape index (κ2) is 5.19. The van der Waals surface area contributed by atoms with Crippen molar-refractivity contribution in [3.05, 3.63) is 28.2 Å². The van der Waals surface area contributed by atoms with Gasteiger partial charge in [-0.05, 0) is 65.7 Å². The topological polar surface area (TPSA) is 29.5 Å². The predicted octanol–water partition coefficient (Wildman–Crippen LogP) is 3.16. The zero-order chi connectivity index (χ0) is 11.5. The van der Waals surface area contributed by atoms with Crippen LogP contribution in [0, 0.1) is 5.92 Å². The first-order chi connectivity index (χ1) is 7.65. The Bertz CT molecular complexity index is 359. The molecule has 0 radical (unpaired) electrons. The monoisotopic (exact) mass is 284 g/mol. The molecular weight excluding hydrogens is 268 g/mol. The molecule has 1 aromatic rings. The number of rotatable bonds is 5. The summed E-state index contributed by atoms with van der Waals surface area (Å²) in [6, 6.07) is 6.01.